The minimum Gasteiger partial charge on any atom is -0.309 e. The Labute approximate surface area is 103 Å². The molecule has 3 heteroatoms. The highest BCUT2D eigenvalue weighted by Gasteiger charge is 2.11. The Morgan fingerprint density at radius 2 is 2.31 bits per heavy atom. The largest absolute Gasteiger partial charge is 0.309 e. The summed E-state index contributed by atoms with van der Waals surface area (Å²) in [6.07, 6.45) is 3.74. The van der Waals surface area contributed by atoms with Crippen molar-refractivity contribution in [1.82, 2.24) is 10.3 Å². The molecule has 0 aliphatic heterocycles. The molecule has 1 N–H and O–H groups in total. The second kappa shape index (κ2) is 6.66. The van der Waals surface area contributed by atoms with Gasteiger partial charge in [0.2, 0.25) is 0 Å². The van der Waals surface area contributed by atoms with Crippen molar-refractivity contribution in [2.45, 2.75) is 32.7 Å². The van der Waals surface area contributed by atoms with Gasteiger partial charge in [-0.3, -0.25) is 4.98 Å². The zero-order valence-corrected chi connectivity index (χ0v) is 10.7. The van der Waals surface area contributed by atoms with Gasteiger partial charge < -0.3 is 5.32 Å². The van der Waals surface area contributed by atoms with Gasteiger partial charge >= 0.3 is 0 Å². The Morgan fingerprint density at radius 3 is 2.81 bits per heavy atom. The fourth-order valence-corrected chi connectivity index (χ4v) is 1.70. The maximum Gasteiger partial charge on any atom is 0.0589 e. The van der Waals surface area contributed by atoms with E-state index in [1.54, 1.807) is 6.20 Å². The van der Waals surface area contributed by atoms with E-state index in [0.717, 1.165) is 25.1 Å². The summed E-state index contributed by atoms with van der Waals surface area (Å²) in [6.45, 7) is 9.02. The van der Waals surface area contributed by atoms with Crippen molar-refractivity contribution >= 4 is 11.6 Å². The molecule has 0 amide bonds. The van der Waals surface area contributed by atoms with Gasteiger partial charge in [-0.1, -0.05) is 24.1 Å². The quantitative estimate of drug-likeness (QED) is 0.764. The zero-order valence-electron chi connectivity index (χ0n) is 9.96. The highest BCUT2D eigenvalue weighted by atomic mass is 35.5. The zero-order chi connectivity index (χ0) is 12.0. The first-order chi connectivity index (χ1) is 7.63. The van der Waals surface area contributed by atoms with Crippen LogP contribution in [0.1, 0.15) is 38.4 Å². The van der Waals surface area contributed by atoms with E-state index in [1.165, 1.54) is 5.57 Å². The van der Waals surface area contributed by atoms with E-state index < -0.39 is 0 Å². The molecule has 0 aliphatic rings. The first-order valence-electron chi connectivity index (χ1n) is 5.62. The molecule has 1 heterocycles. The number of nitrogens with one attached hydrogen (secondary N) is 1. The molecule has 0 fully saturated rings. The van der Waals surface area contributed by atoms with E-state index in [1.807, 2.05) is 12.1 Å². The van der Waals surface area contributed by atoms with Crippen LogP contribution in [0, 0.1) is 0 Å². The molecule has 0 bridgehead atoms. The fraction of sp³-hybridized carbons (Fsp3) is 0.462. The summed E-state index contributed by atoms with van der Waals surface area (Å²) in [6, 6.07) is 4.15. The molecular weight excluding hydrogens is 220 g/mol. The van der Waals surface area contributed by atoms with Gasteiger partial charge in [-0.2, -0.15) is 0 Å². The number of aromatic nitrogens is 1. The van der Waals surface area contributed by atoms with Crippen molar-refractivity contribution in [3.05, 3.63) is 41.2 Å². The van der Waals surface area contributed by atoms with Crippen LogP contribution in [0.25, 0.3) is 0 Å². The molecule has 0 aromatic carbocycles. The maximum absolute atomic E-state index is 5.82. The second-order valence-corrected chi connectivity index (χ2v) is 4.44. The number of halogens is 1. The lowest BCUT2D eigenvalue weighted by molar-refractivity contribution is 0.503. The first-order valence-corrected chi connectivity index (χ1v) is 6.00. The van der Waals surface area contributed by atoms with Crippen LogP contribution in [-0.2, 0) is 0 Å². The summed E-state index contributed by atoms with van der Waals surface area (Å²) in [5.41, 5.74) is 2.25. The second-order valence-electron chi connectivity index (χ2n) is 4.01. The molecule has 88 valence electrons. The molecule has 0 radical (unpaired) electrons. The monoisotopic (exact) mass is 238 g/mol. The van der Waals surface area contributed by atoms with Crippen LogP contribution in [-0.4, -0.2) is 11.5 Å². The van der Waals surface area contributed by atoms with Gasteiger partial charge in [-0.15, -0.1) is 6.58 Å². The standard InChI is InChI=1S/C13H19ClN2/c1-4-15-12(7-5-10(2)3)13-8-6-11(14)9-16-13/h6,8-9,12,15H,2,4-5,7H2,1,3H3. The average Bonchev–Trinajstić information content (AvgIpc) is 2.25. The van der Waals surface area contributed by atoms with Gasteiger partial charge in [0.15, 0.2) is 0 Å². The van der Waals surface area contributed by atoms with Crippen LogP contribution in [0.5, 0.6) is 0 Å². The fourth-order valence-electron chi connectivity index (χ4n) is 1.59. The smallest absolute Gasteiger partial charge is 0.0589 e. The Kier molecular flexibility index (Phi) is 5.50. The summed E-state index contributed by atoms with van der Waals surface area (Å²) in [5.74, 6) is 0. The third-order valence-corrected chi connectivity index (χ3v) is 2.64. The van der Waals surface area contributed by atoms with E-state index in [9.17, 15) is 0 Å². The van der Waals surface area contributed by atoms with Crippen molar-refractivity contribution in [2.24, 2.45) is 0 Å². The predicted molar refractivity (Wildman–Crippen MR) is 69.7 cm³/mol. The lowest BCUT2D eigenvalue weighted by Crippen LogP contribution is -2.21. The summed E-state index contributed by atoms with van der Waals surface area (Å²) >= 11 is 5.82. The van der Waals surface area contributed by atoms with E-state index in [-0.39, 0.29) is 0 Å². The SMILES string of the molecule is C=C(C)CCC(NCC)c1ccc(Cl)cn1. The lowest BCUT2D eigenvalue weighted by atomic mass is 10.0. The molecule has 1 aromatic heterocycles. The summed E-state index contributed by atoms with van der Waals surface area (Å²) in [5, 5.41) is 4.11. The van der Waals surface area contributed by atoms with E-state index >= 15 is 0 Å². The summed E-state index contributed by atoms with van der Waals surface area (Å²) < 4.78 is 0. The Balaban J connectivity index is 2.68. The summed E-state index contributed by atoms with van der Waals surface area (Å²) in [4.78, 5) is 4.35. The number of pyridine rings is 1. The molecule has 2 nitrogen and oxygen atoms in total. The topological polar surface area (TPSA) is 24.9 Å². The van der Waals surface area contributed by atoms with Gasteiger partial charge in [0.1, 0.15) is 0 Å². The van der Waals surface area contributed by atoms with Crippen LogP contribution in [0.2, 0.25) is 5.02 Å². The summed E-state index contributed by atoms with van der Waals surface area (Å²) in [7, 11) is 0. The van der Waals surface area contributed by atoms with Gasteiger partial charge in [0.25, 0.3) is 0 Å². The molecule has 0 saturated carbocycles. The van der Waals surface area contributed by atoms with Crippen molar-refractivity contribution in [3.8, 4) is 0 Å². The molecular formula is C13H19ClN2. The molecule has 16 heavy (non-hydrogen) atoms. The van der Waals surface area contributed by atoms with E-state index in [2.05, 4.69) is 30.7 Å². The molecule has 1 atom stereocenters. The highest BCUT2D eigenvalue weighted by molar-refractivity contribution is 6.30. The number of nitrogens with zero attached hydrogens (tertiary/aromatic N) is 1. The molecule has 0 aliphatic carbocycles. The number of hydrogen-bond donors (Lipinski definition) is 1. The van der Waals surface area contributed by atoms with Crippen molar-refractivity contribution in [2.75, 3.05) is 6.54 Å². The van der Waals surface area contributed by atoms with Crippen LogP contribution in [0.15, 0.2) is 30.5 Å². The Morgan fingerprint density at radius 1 is 1.56 bits per heavy atom. The minimum atomic E-state index is 0.291. The first kappa shape index (κ1) is 13.2. The average molecular weight is 239 g/mol. The number of rotatable bonds is 6. The van der Waals surface area contributed by atoms with Crippen molar-refractivity contribution in [1.29, 1.82) is 0 Å². The van der Waals surface area contributed by atoms with Crippen molar-refractivity contribution in [3.63, 3.8) is 0 Å². The number of hydrogen-bond acceptors (Lipinski definition) is 2. The molecule has 0 saturated heterocycles. The van der Waals surface area contributed by atoms with Crippen LogP contribution in [0.4, 0.5) is 0 Å². The molecule has 1 unspecified atom stereocenters. The molecule has 1 rings (SSSR count). The van der Waals surface area contributed by atoms with E-state index in [0.29, 0.717) is 11.1 Å². The Bertz CT molecular complexity index is 332. The van der Waals surface area contributed by atoms with Crippen LogP contribution >= 0.6 is 11.6 Å². The Hall–Kier alpha value is -0.860. The molecule has 0 spiro atoms. The molecule has 1 aromatic rings. The predicted octanol–water partition coefficient (Wildman–Crippen LogP) is 3.74. The lowest BCUT2D eigenvalue weighted by Gasteiger charge is -2.17. The highest BCUT2D eigenvalue weighted by Crippen LogP contribution is 2.19. The normalized spacial score (nSPS) is 12.4. The van der Waals surface area contributed by atoms with Gasteiger partial charge in [-0.25, -0.2) is 0 Å². The van der Waals surface area contributed by atoms with Gasteiger partial charge in [-0.05, 0) is 38.4 Å². The third kappa shape index (κ3) is 4.33. The van der Waals surface area contributed by atoms with E-state index in [4.69, 9.17) is 11.6 Å². The number of allylic oxidation sites excluding steroid dienone is 1. The van der Waals surface area contributed by atoms with Gasteiger partial charge in [0, 0.05) is 12.2 Å². The van der Waals surface area contributed by atoms with Crippen LogP contribution in [0.3, 0.4) is 0 Å². The third-order valence-electron chi connectivity index (χ3n) is 2.42. The van der Waals surface area contributed by atoms with Gasteiger partial charge in [0.05, 0.1) is 10.7 Å². The minimum absolute atomic E-state index is 0.291. The van der Waals surface area contributed by atoms with Crippen molar-refractivity contribution < 1.29 is 0 Å². The maximum atomic E-state index is 5.82. The van der Waals surface area contributed by atoms with Crippen LogP contribution < -0.4 is 5.32 Å².